The number of likely N-dealkylation sites (tertiary alicyclic amines) is 1. The van der Waals surface area contributed by atoms with Gasteiger partial charge in [0.05, 0.1) is 22.0 Å². The number of halogens is 1. The molecule has 2 atom stereocenters. The topological polar surface area (TPSA) is 84.9 Å². The number of nitrogens with zero attached hydrogens (tertiary/aromatic N) is 5. The average molecular weight is 665 g/mol. The molecule has 47 heavy (non-hydrogen) atoms. The third kappa shape index (κ3) is 7.11. The van der Waals surface area contributed by atoms with Crippen molar-refractivity contribution in [3.63, 3.8) is 0 Å². The molecule has 0 aliphatic carbocycles. The Hall–Kier alpha value is -3.31. The van der Waals surface area contributed by atoms with Crippen LogP contribution in [0.4, 0.5) is 10.1 Å². The summed E-state index contributed by atoms with van der Waals surface area (Å²) in [5.41, 5.74) is 2.99. The number of benzene rings is 2. The number of piperazine rings is 1. The summed E-state index contributed by atoms with van der Waals surface area (Å²) in [7, 11) is 0. The second-order valence-electron chi connectivity index (χ2n) is 14.7. The maximum absolute atomic E-state index is 15.7. The highest BCUT2D eigenvalue weighted by atomic mass is 32.2. The molecule has 2 amide bonds. The van der Waals surface area contributed by atoms with Crippen LogP contribution in [-0.4, -0.2) is 93.2 Å². The van der Waals surface area contributed by atoms with Crippen LogP contribution >= 0.6 is 11.8 Å². The Morgan fingerprint density at radius 1 is 0.979 bits per heavy atom. The number of carbonyl (C=O) groups is 2. The lowest BCUT2D eigenvalue weighted by molar-refractivity contribution is -0.136. The Labute approximate surface area is 281 Å². The number of aromatic nitrogens is 2. The number of hydrogen-bond donors (Lipinski definition) is 1. The third-order valence-electron chi connectivity index (χ3n) is 10.0. The summed E-state index contributed by atoms with van der Waals surface area (Å²) >= 11 is 1.49. The summed E-state index contributed by atoms with van der Waals surface area (Å²) in [6.07, 6.45) is 2.27. The number of fused-ring (bicyclic) bond motifs is 1. The molecule has 6 rings (SSSR count). The average Bonchev–Trinajstić information content (AvgIpc) is 3.54. The van der Waals surface area contributed by atoms with Crippen LogP contribution in [-0.2, 0) is 9.59 Å². The van der Waals surface area contributed by atoms with Crippen LogP contribution in [0.1, 0.15) is 77.3 Å². The fraction of sp³-hybridized carbons (Fsp3) is 0.583. The first kappa shape index (κ1) is 33.6. The highest BCUT2D eigenvalue weighted by Gasteiger charge is 2.44. The van der Waals surface area contributed by atoms with Crippen molar-refractivity contribution in [1.29, 1.82) is 0 Å². The number of hydrogen-bond acceptors (Lipinski definition) is 6. The molecule has 1 N–H and O–H groups in total. The van der Waals surface area contributed by atoms with Crippen LogP contribution in [0.2, 0.25) is 0 Å². The summed E-state index contributed by atoms with van der Waals surface area (Å²) in [6, 6.07) is 13.4. The number of aromatic amines is 1. The quantitative estimate of drug-likeness (QED) is 0.336. The Kier molecular flexibility index (Phi) is 9.76. The van der Waals surface area contributed by atoms with Gasteiger partial charge in [-0.05, 0) is 56.7 Å². The van der Waals surface area contributed by atoms with Crippen molar-refractivity contribution < 1.29 is 14.0 Å². The molecule has 254 valence electrons. The molecular weight excluding hydrogens is 616 g/mol. The Morgan fingerprint density at radius 2 is 1.68 bits per heavy atom. The zero-order valence-electron chi connectivity index (χ0n) is 28.4. The van der Waals surface area contributed by atoms with E-state index in [0.29, 0.717) is 44.2 Å². The number of carbonyl (C=O) groups excluding carboxylic acids is 2. The van der Waals surface area contributed by atoms with E-state index in [2.05, 4.69) is 49.4 Å². The minimum atomic E-state index is -0.532. The Balaban J connectivity index is 1.18. The van der Waals surface area contributed by atoms with E-state index < -0.39 is 5.25 Å². The van der Waals surface area contributed by atoms with Gasteiger partial charge in [-0.1, -0.05) is 45.0 Å². The molecule has 3 aliphatic rings. The van der Waals surface area contributed by atoms with Crippen molar-refractivity contribution >= 4 is 40.3 Å². The first-order valence-electron chi connectivity index (χ1n) is 17.1. The van der Waals surface area contributed by atoms with Gasteiger partial charge in [-0.25, -0.2) is 9.18 Å². The van der Waals surface area contributed by atoms with Gasteiger partial charge in [-0.3, -0.25) is 19.1 Å². The van der Waals surface area contributed by atoms with E-state index in [0.717, 1.165) is 49.2 Å². The molecule has 9 nitrogen and oxygen atoms in total. The van der Waals surface area contributed by atoms with Crippen LogP contribution in [0.15, 0.2) is 47.3 Å². The number of anilines is 1. The molecule has 3 saturated heterocycles. The van der Waals surface area contributed by atoms with E-state index in [-0.39, 0.29) is 46.6 Å². The number of rotatable bonds is 8. The largest absolute Gasteiger partial charge is 0.366 e. The Morgan fingerprint density at radius 3 is 2.36 bits per heavy atom. The van der Waals surface area contributed by atoms with E-state index in [1.807, 2.05) is 44.7 Å². The highest BCUT2D eigenvalue weighted by molar-refractivity contribution is 8.01. The van der Waals surface area contributed by atoms with Gasteiger partial charge < -0.3 is 19.7 Å². The van der Waals surface area contributed by atoms with E-state index >= 15 is 4.39 Å². The van der Waals surface area contributed by atoms with Gasteiger partial charge in [0.15, 0.2) is 0 Å². The standard InChI is InChI=1S/C36H49FN6O3S/c1-24(2)39-19-21-41(22-20-39)32-26(9-8-10-27(32)37)34-42(18-15-36(3,4)5)33(45)30(47-34)23-31(44)40-16-13-25(14-17-40)43-29-12-7-6-11-28(29)38-35(43)46/h6-12,24-25,30,34H,13-23H2,1-5H3,(H,38,46). The lowest BCUT2D eigenvalue weighted by atomic mass is 9.92. The molecule has 0 spiro atoms. The summed E-state index contributed by atoms with van der Waals surface area (Å²) in [5.74, 6) is -0.347. The summed E-state index contributed by atoms with van der Waals surface area (Å²) in [4.78, 5) is 51.7. The number of piperidine rings is 1. The zero-order valence-corrected chi connectivity index (χ0v) is 29.2. The first-order chi connectivity index (χ1) is 22.4. The molecule has 3 fully saturated rings. The molecule has 0 saturated carbocycles. The van der Waals surface area contributed by atoms with Crippen molar-refractivity contribution in [2.75, 3.05) is 50.7 Å². The van der Waals surface area contributed by atoms with Gasteiger partial charge in [-0.2, -0.15) is 0 Å². The number of H-pyrrole nitrogens is 1. The molecule has 4 heterocycles. The zero-order chi connectivity index (χ0) is 33.5. The number of imidazole rings is 1. The monoisotopic (exact) mass is 664 g/mol. The minimum Gasteiger partial charge on any atom is -0.366 e. The van der Waals surface area contributed by atoms with Gasteiger partial charge in [-0.15, -0.1) is 11.8 Å². The predicted octanol–water partition coefficient (Wildman–Crippen LogP) is 5.63. The minimum absolute atomic E-state index is 0.0104. The van der Waals surface area contributed by atoms with Crippen LogP contribution in [0, 0.1) is 11.2 Å². The molecule has 0 bridgehead atoms. The number of para-hydroxylation sites is 3. The van der Waals surface area contributed by atoms with Crippen molar-refractivity contribution in [2.24, 2.45) is 5.41 Å². The number of thioether (sulfide) groups is 1. The molecule has 2 unspecified atom stereocenters. The van der Waals surface area contributed by atoms with Gasteiger partial charge in [0.1, 0.15) is 11.2 Å². The van der Waals surface area contributed by atoms with Crippen LogP contribution in [0.3, 0.4) is 0 Å². The second kappa shape index (κ2) is 13.7. The molecule has 0 radical (unpaired) electrons. The number of amides is 2. The SMILES string of the molecule is CC(C)N1CCN(c2c(F)cccc2C2SC(CC(=O)N3CCC(n4c(=O)[nH]c5ccccc54)CC3)C(=O)N2CCC(C)(C)C)CC1. The van der Waals surface area contributed by atoms with Gasteiger partial charge >= 0.3 is 5.69 Å². The van der Waals surface area contributed by atoms with Crippen molar-refractivity contribution in [3.05, 3.63) is 64.3 Å². The van der Waals surface area contributed by atoms with E-state index in [9.17, 15) is 14.4 Å². The molecule has 3 aromatic rings. The van der Waals surface area contributed by atoms with Crippen molar-refractivity contribution in [3.8, 4) is 0 Å². The molecular formula is C36H49FN6O3S. The summed E-state index contributed by atoms with van der Waals surface area (Å²) in [5, 5.41) is -0.897. The highest BCUT2D eigenvalue weighted by Crippen LogP contribution is 2.48. The van der Waals surface area contributed by atoms with Crippen LogP contribution in [0.25, 0.3) is 11.0 Å². The molecule has 11 heteroatoms. The lowest BCUT2D eigenvalue weighted by Gasteiger charge is -2.40. The smallest absolute Gasteiger partial charge is 0.326 e. The lowest BCUT2D eigenvalue weighted by Crippen LogP contribution is -2.49. The van der Waals surface area contributed by atoms with Gasteiger partial charge in [0, 0.05) is 69.9 Å². The first-order valence-corrected chi connectivity index (χ1v) is 18.1. The predicted molar refractivity (Wildman–Crippen MR) is 187 cm³/mol. The number of nitrogens with one attached hydrogen (secondary N) is 1. The van der Waals surface area contributed by atoms with E-state index in [1.165, 1.54) is 17.8 Å². The van der Waals surface area contributed by atoms with Crippen LogP contribution < -0.4 is 10.6 Å². The molecule has 1 aromatic heterocycles. The van der Waals surface area contributed by atoms with Gasteiger partial charge in [0.2, 0.25) is 11.8 Å². The van der Waals surface area contributed by atoms with E-state index in [1.54, 1.807) is 6.07 Å². The summed E-state index contributed by atoms with van der Waals surface area (Å²) < 4.78 is 17.5. The fourth-order valence-corrected chi connectivity index (χ4v) is 8.77. The maximum atomic E-state index is 15.7. The molecule has 2 aromatic carbocycles. The fourth-order valence-electron chi connectivity index (χ4n) is 7.27. The van der Waals surface area contributed by atoms with Crippen LogP contribution in [0.5, 0.6) is 0 Å². The maximum Gasteiger partial charge on any atom is 0.326 e. The second-order valence-corrected chi connectivity index (χ2v) is 16.0. The van der Waals surface area contributed by atoms with Crippen molar-refractivity contribution in [1.82, 2.24) is 24.3 Å². The summed E-state index contributed by atoms with van der Waals surface area (Å²) in [6.45, 7) is 15.6. The van der Waals surface area contributed by atoms with Gasteiger partial charge in [0.25, 0.3) is 0 Å². The van der Waals surface area contributed by atoms with Crippen molar-refractivity contribution in [2.45, 2.75) is 83.0 Å². The Bertz CT molecular complexity index is 1650. The third-order valence-corrected chi connectivity index (χ3v) is 11.5. The van der Waals surface area contributed by atoms with E-state index in [4.69, 9.17) is 0 Å². The molecule has 3 aliphatic heterocycles. The normalized spacial score (nSPS) is 21.9.